The van der Waals surface area contributed by atoms with Crippen LogP contribution >= 0.6 is 15.9 Å². The predicted octanol–water partition coefficient (Wildman–Crippen LogP) is 5.21. The number of halogens is 1. The molecule has 0 amide bonds. The molecular weight excluding hydrogens is 386 g/mol. The zero-order chi connectivity index (χ0) is 17.2. The minimum atomic E-state index is -3.44. The average molecular weight is 402 g/mol. The van der Waals surface area contributed by atoms with Gasteiger partial charge in [-0.05, 0) is 47.5 Å². The van der Waals surface area contributed by atoms with Gasteiger partial charge < -0.3 is 0 Å². The Morgan fingerprint density at radius 2 is 1.17 bits per heavy atom. The van der Waals surface area contributed by atoms with Gasteiger partial charge in [0.1, 0.15) is 0 Å². The van der Waals surface area contributed by atoms with Crippen LogP contribution in [0.2, 0.25) is 0 Å². The third-order valence-corrected chi connectivity index (χ3v) is 5.22. The van der Waals surface area contributed by atoms with Gasteiger partial charge in [0.05, 0.1) is 17.6 Å². The van der Waals surface area contributed by atoms with E-state index in [4.69, 9.17) is 0 Å². The first-order valence-corrected chi connectivity index (χ1v) is 10.0. The minimum absolute atomic E-state index is 0.605. The van der Waals surface area contributed by atoms with Crippen molar-refractivity contribution < 1.29 is 8.42 Å². The van der Waals surface area contributed by atoms with Crippen LogP contribution in [-0.2, 0) is 10.0 Å². The first-order valence-electron chi connectivity index (χ1n) is 7.36. The van der Waals surface area contributed by atoms with Crippen LogP contribution in [-0.4, -0.2) is 14.7 Å². The minimum Gasteiger partial charge on any atom is -0.239 e. The van der Waals surface area contributed by atoms with Crippen molar-refractivity contribution in [2.24, 2.45) is 0 Å². The zero-order valence-corrected chi connectivity index (χ0v) is 15.5. The molecule has 0 saturated carbocycles. The molecule has 0 N–H and O–H groups in total. The Balaban J connectivity index is 2.02. The molecule has 24 heavy (non-hydrogen) atoms. The van der Waals surface area contributed by atoms with E-state index < -0.39 is 10.0 Å². The molecule has 0 heterocycles. The zero-order valence-electron chi connectivity index (χ0n) is 13.1. The molecule has 0 saturated heterocycles. The molecule has 5 heteroatoms. The van der Waals surface area contributed by atoms with E-state index in [0.29, 0.717) is 11.4 Å². The molecular formula is C19H16BrNO2S. The lowest BCUT2D eigenvalue weighted by Crippen LogP contribution is -2.24. The number of rotatable bonds is 4. The molecule has 3 aromatic rings. The van der Waals surface area contributed by atoms with Crippen LogP contribution in [0.15, 0.2) is 83.3 Å². The maximum absolute atomic E-state index is 12.3. The Kier molecular flexibility index (Phi) is 4.73. The van der Waals surface area contributed by atoms with Crippen LogP contribution < -0.4 is 4.31 Å². The van der Waals surface area contributed by atoms with Gasteiger partial charge in [-0.25, -0.2) is 12.7 Å². The maximum atomic E-state index is 12.3. The molecule has 0 aliphatic rings. The van der Waals surface area contributed by atoms with Gasteiger partial charge >= 0.3 is 0 Å². The van der Waals surface area contributed by atoms with Crippen molar-refractivity contribution in [1.82, 2.24) is 0 Å². The number of nitrogens with zero attached hydrogens (tertiary/aromatic N) is 1. The second-order valence-corrected chi connectivity index (χ2v) is 8.16. The lowest BCUT2D eigenvalue weighted by molar-refractivity contribution is 0.602. The summed E-state index contributed by atoms with van der Waals surface area (Å²) in [6.45, 7) is 0. The summed E-state index contributed by atoms with van der Waals surface area (Å²) in [5.41, 5.74) is 3.36. The third-order valence-electron chi connectivity index (χ3n) is 3.60. The van der Waals surface area contributed by atoms with Gasteiger partial charge in [-0.1, -0.05) is 58.4 Å². The maximum Gasteiger partial charge on any atom is 0.236 e. The molecule has 0 aliphatic carbocycles. The summed E-state index contributed by atoms with van der Waals surface area (Å²) >= 11 is 3.37. The largest absolute Gasteiger partial charge is 0.239 e. The molecule has 0 fully saturated rings. The molecule has 3 rings (SSSR count). The summed E-state index contributed by atoms with van der Waals surface area (Å²) in [5, 5.41) is 0. The highest BCUT2D eigenvalue weighted by atomic mass is 79.9. The van der Waals surface area contributed by atoms with Gasteiger partial charge in [-0.3, -0.25) is 0 Å². The number of hydrogen-bond donors (Lipinski definition) is 0. The molecule has 0 atom stereocenters. The fourth-order valence-electron chi connectivity index (χ4n) is 2.53. The summed E-state index contributed by atoms with van der Waals surface area (Å²) in [6.07, 6.45) is 1.21. The first kappa shape index (κ1) is 16.7. The normalized spacial score (nSPS) is 11.2. The highest BCUT2D eigenvalue weighted by Gasteiger charge is 2.19. The highest BCUT2D eigenvalue weighted by molar-refractivity contribution is 9.10. The molecule has 3 nitrogen and oxygen atoms in total. The number of hydrogen-bond acceptors (Lipinski definition) is 2. The molecule has 0 unspecified atom stereocenters. The van der Waals surface area contributed by atoms with Gasteiger partial charge in [-0.15, -0.1) is 0 Å². The number of sulfonamides is 1. The van der Waals surface area contributed by atoms with Crippen LogP contribution in [0.1, 0.15) is 0 Å². The summed E-state index contributed by atoms with van der Waals surface area (Å²) in [7, 11) is -3.44. The number of anilines is 2. The van der Waals surface area contributed by atoms with E-state index in [1.165, 1.54) is 10.6 Å². The van der Waals surface area contributed by atoms with Crippen LogP contribution in [0.25, 0.3) is 11.1 Å². The molecule has 0 bridgehead atoms. The smallest absolute Gasteiger partial charge is 0.236 e. The second-order valence-electron chi connectivity index (χ2n) is 5.42. The second kappa shape index (κ2) is 6.79. The van der Waals surface area contributed by atoms with Crippen LogP contribution in [0.3, 0.4) is 0 Å². The van der Waals surface area contributed by atoms with Crippen LogP contribution in [0, 0.1) is 0 Å². The SMILES string of the molecule is CS(=O)(=O)N(c1ccc(Br)cc1)c1ccc(-c2ccccc2)cc1. The lowest BCUT2D eigenvalue weighted by Gasteiger charge is -2.23. The van der Waals surface area contributed by atoms with E-state index in [1.807, 2.05) is 66.7 Å². The molecule has 3 aromatic carbocycles. The Bertz CT molecular complexity index is 921. The van der Waals surface area contributed by atoms with E-state index in [-0.39, 0.29) is 0 Å². The predicted molar refractivity (Wildman–Crippen MR) is 103 cm³/mol. The van der Waals surface area contributed by atoms with Gasteiger partial charge in [0, 0.05) is 4.47 Å². The van der Waals surface area contributed by atoms with E-state index in [0.717, 1.165) is 15.6 Å². The van der Waals surface area contributed by atoms with Crippen molar-refractivity contribution in [2.45, 2.75) is 0 Å². The third kappa shape index (κ3) is 3.68. The summed E-state index contributed by atoms with van der Waals surface area (Å²) in [4.78, 5) is 0. The molecule has 0 aromatic heterocycles. The quantitative estimate of drug-likeness (QED) is 0.601. The molecule has 122 valence electrons. The van der Waals surface area contributed by atoms with Gasteiger partial charge in [-0.2, -0.15) is 0 Å². The first-order chi connectivity index (χ1) is 11.4. The van der Waals surface area contributed by atoms with Gasteiger partial charge in [0.2, 0.25) is 10.0 Å². The van der Waals surface area contributed by atoms with Gasteiger partial charge in [0.25, 0.3) is 0 Å². The monoisotopic (exact) mass is 401 g/mol. The fraction of sp³-hybridized carbons (Fsp3) is 0.0526. The lowest BCUT2D eigenvalue weighted by atomic mass is 10.1. The van der Waals surface area contributed by atoms with Crippen molar-refractivity contribution >= 4 is 37.3 Å². The molecule has 0 spiro atoms. The van der Waals surface area contributed by atoms with Gasteiger partial charge in [0.15, 0.2) is 0 Å². The summed E-state index contributed by atoms with van der Waals surface area (Å²) in [6, 6.07) is 24.7. The molecule has 0 aliphatic heterocycles. The van der Waals surface area contributed by atoms with E-state index in [1.54, 1.807) is 12.1 Å². The number of benzene rings is 3. The Labute approximate surface area is 150 Å². The van der Waals surface area contributed by atoms with Crippen molar-refractivity contribution in [1.29, 1.82) is 0 Å². The van der Waals surface area contributed by atoms with Crippen LogP contribution in [0.4, 0.5) is 11.4 Å². The highest BCUT2D eigenvalue weighted by Crippen LogP contribution is 2.31. The Morgan fingerprint density at radius 3 is 1.67 bits per heavy atom. The van der Waals surface area contributed by atoms with E-state index >= 15 is 0 Å². The summed E-state index contributed by atoms with van der Waals surface area (Å²) in [5.74, 6) is 0. The van der Waals surface area contributed by atoms with Crippen molar-refractivity contribution in [3.8, 4) is 11.1 Å². The van der Waals surface area contributed by atoms with Crippen molar-refractivity contribution in [3.05, 3.63) is 83.3 Å². The Hall–Kier alpha value is -2.11. The topological polar surface area (TPSA) is 37.4 Å². The average Bonchev–Trinajstić information content (AvgIpc) is 2.57. The van der Waals surface area contributed by atoms with Crippen molar-refractivity contribution in [3.63, 3.8) is 0 Å². The Morgan fingerprint density at radius 1 is 0.708 bits per heavy atom. The van der Waals surface area contributed by atoms with E-state index in [2.05, 4.69) is 15.9 Å². The summed E-state index contributed by atoms with van der Waals surface area (Å²) < 4.78 is 26.8. The standard InChI is InChI=1S/C19H16BrNO2S/c1-24(22,23)21(19-13-9-17(20)10-14-19)18-11-7-16(8-12-18)15-5-3-2-4-6-15/h2-14H,1H3. The van der Waals surface area contributed by atoms with Crippen molar-refractivity contribution in [2.75, 3.05) is 10.6 Å². The molecule has 0 radical (unpaired) electrons. The van der Waals surface area contributed by atoms with E-state index in [9.17, 15) is 8.42 Å². The fourth-order valence-corrected chi connectivity index (χ4v) is 3.80. The van der Waals surface area contributed by atoms with Crippen LogP contribution in [0.5, 0.6) is 0 Å².